The number of carbonyl (C=O) groups excluding carboxylic acids is 1. The first-order valence-corrected chi connectivity index (χ1v) is 9.62. The van der Waals surface area contributed by atoms with Crippen LogP contribution in [0.15, 0.2) is 53.0 Å². The van der Waals surface area contributed by atoms with E-state index in [1.165, 1.54) is 12.1 Å². The Morgan fingerprint density at radius 1 is 1.26 bits per heavy atom. The Labute approximate surface area is 170 Å². The molecule has 27 heavy (non-hydrogen) atoms. The van der Waals surface area contributed by atoms with Crippen molar-refractivity contribution in [3.05, 3.63) is 75.1 Å². The average molecular weight is 451 g/mol. The van der Waals surface area contributed by atoms with E-state index >= 15 is 0 Å². The highest BCUT2D eigenvalue weighted by Gasteiger charge is 2.15. The molecule has 3 rings (SSSR count). The number of H-pyrrole nitrogens is 1. The van der Waals surface area contributed by atoms with E-state index < -0.39 is 0 Å². The number of aryl methyl sites for hydroxylation is 1. The maximum Gasteiger partial charge on any atom is 0.255 e. The summed E-state index contributed by atoms with van der Waals surface area (Å²) in [5, 5.41) is 7.64. The Morgan fingerprint density at radius 2 is 2.07 bits per heavy atom. The Kier molecular flexibility index (Phi) is 6.29. The molecule has 4 nitrogen and oxygen atoms in total. The summed E-state index contributed by atoms with van der Waals surface area (Å²) >= 11 is 9.49. The summed E-state index contributed by atoms with van der Waals surface area (Å²) in [6.45, 7) is 0.579. The fourth-order valence-corrected chi connectivity index (χ4v) is 3.32. The molecule has 0 radical (unpaired) electrons. The third-order valence-corrected chi connectivity index (χ3v) is 5.02. The van der Waals surface area contributed by atoms with Crippen molar-refractivity contribution in [2.75, 3.05) is 13.6 Å². The minimum absolute atomic E-state index is 0.119. The van der Waals surface area contributed by atoms with E-state index in [-0.39, 0.29) is 11.7 Å². The summed E-state index contributed by atoms with van der Waals surface area (Å²) in [6, 6.07) is 13.5. The summed E-state index contributed by atoms with van der Waals surface area (Å²) < 4.78 is 14.1. The molecule has 0 saturated heterocycles. The SMILES string of the molecule is CN(CCCc1cc(-c2cccc(F)c2)n[nH]1)C(=O)c1cc(Br)ccc1Cl. The van der Waals surface area contributed by atoms with Crippen LogP contribution in [0, 0.1) is 5.82 Å². The van der Waals surface area contributed by atoms with E-state index in [1.54, 1.807) is 36.2 Å². The van der Waals surface area contributed by atoms with Gasteiger partial charge < -0.3 is 4.90 Å². The number of aromatic nitrogens is 2. The van der Waals surface area contributed by atoms with Crippen LogP contribution in [0.3, 0.4) is 0 Å². The van der Waals surface area contributed by atoms with E-state index in [0.29, 0.717) is 22.8 Å². The maximum atomic E-state index is 13.3. The molecule has 2 aromatic carbocycles. The standard InChI is InChI=1S/C20H18BrClFN3O/c1-26(20(27)17-11-14(21)7-8-18(17)22)9-3-6-16-12-19(25-24-16)13-4-2-5-15(23)10-13/h2,4-5,7-8,10-12H,3,6,9H2,1H3,(H,24,25). The highest BCUT2D eigenvalue weighted by molar-refractivity contribution is 9.10. The summed E-state index contributed by atoms with van der Waals surface area (Å²) in [6.07, 6.45) is 1.49. The second-order valence-electron chi connectivity index (χ2n) is 6.24. The van der Waals surface area contributed by atoms with E-state index in [1.807, 2.05) is 12.1 Å². The van der Waals surface area contributed by atoms with Crippen molar-refractivity contribution in [3.8, 4) is 11.3 Å². The number of amides is 1. The molecule has 0 atom stereocenters. The Morgan fingerprint density at radius 3 is 2.85 bits per heavy atom. The fourth-order valence-electron chi connectivity index (χ4n) is 2.76. The van der Waals surface area contributed by atoms with Gasteiger partial charge in [-0.25, -0.2) is 4.39 Å². The molecule has 0 aliphatic carbocycles. The molecule has 0 aliphatic rings. The van der Waals surface area contributed by atoms with Gasteiger partial charge in [-0.1, -0.05) is 39.7 Å². The van der Waals surface area contributed by atoms with Crippen LogP contribution >= 0.6 is 27.5 Å². The first-order valence-electron chi connectivity index (χ1n) is 8.45. The quantitative estimate of drug-likeness (QED) is 0.551. The van der Waals surface area contributed by atoms with Gasteiger partial charge in [0, 0.05) is 29.3 Å². The molecule has 0 unspecified atom stereocenters. The lowest BCUT2D eigenvalue weighted by molar-refractivity contribution is 0.0793. The molecule has 1 aromatic heterocycles. The second-order valence-corrected chi connectivity index (χ2v) is 7.57. The van der Waals surface area contributed by atoms with Crippen LogP contribution in [0.2, 0.25) is 5.02 Å². The zero-order valence-corrected chi connectivity index (χ0v) is 17.0. The molecule has 1 amide bonds. The maximum absolute atomic E-state index is 13.3. The predicted molar refractivity (Wildman–Crippen MR) is 108 cm³/mol. The zero-order chi connectivity index (χ0) is 19.4. The van der Waals surface area contributed by atoms with Gasteiger partial charge in [0.1, 0.15) is 5.82 Å². The van der Waals surface area contributed by atoms with E-state index in [4.69, 9.17) is 11.6 Å². The number of benzene rings is 2. The number of nitrogens with zero attached hydrogens (tertiary/aromatic N) is 2. The van der Waals surface area contributed by atoms with Crippen molar-refractivity contribution in [2.24, 2.45) is 0 Å². The first kappa shape index (κ1) is 19.6. The molecule has 140 valence electrons. The van der Waals surface area contributed by atoms with Crippen molar-refractivity contribution < 1.29 is 9.18 Å². The molecule has 0 saturated carbocycles. The summed E-state index contributed by atoms with van der Waals surface area (Å²) in [4.78, 5) is 14.2. The van der Waals surface area contributed by atoms with Crippen LogP contribution in [0.4, 0.5) is 4.39 Å². The van der Waals surface area contributed by atoms with Crippen molar-refractivity contribution in [2.45, 2.75) is 12.8 Å². The second kappa shape index (κ2) is 8.67. The molecule has 1 heterocycles. The summed E-state index contributed by atoms with van der Waals surface area (Å²) in [5.41, 5.74) is 2.85. The minimum Gasteiger partial charge on any atom is -0.342 e. The lowest BCUT2D eigenvalue weighted by atomic mass is 10.1. The number of halogens is 3. The Bertz CT molecular complexity index is 960. The normalized spacial score (nSPS) is 10.8. The van der Waals surface area contributed by atoms with Crippen molar-refractivity contribution in [3.63, 3.8) is 0 Å². The zero-order valence-electron chi connectivity index (χ0n) is 14.7. The lowest BCUT2D eigenvalue weighted by Crippen LogP contribution is -2.28. The molecular formula is C20H18BrClFN3O. The number of rotatable bonds is 6. The van der Waals surface area contributed by atoms with Crippen molar-refractivity contribution in [1.29, 1.82) is 0 Å². The van der Waals surface area contributed by atoms with E-state index in [9.17, 15) is 9.18 Å². The van der Waals surface area contributed by atoms with Gasteiger partial charge in [0.25, 0.3) is 5.91 Å². The average Bonchev–Trinajstić information content (AvgIpc) is 3.12. The number of hydrogen-bond donors (Lipinski definition) is 1. The van der Waals surface area contributed by atoms with E-state index in [2.05, 4.69) is 26.1 Å². The third-order valence-electron chi connectivity index (χ3n) is 4.20. The predicted octanol–water partition coefficient (Wildman–Crippen LogP) is 5.34. The van der Waals surface area contributed by atoms with Gasteiger partial charge in [-0.15, -0.1) is 0 Å². The highest BCUT2D eigenvalue weighted by Crippen LogP contribution is 2.22. The van der Waals surface area contributed by atoms with Crippen LogP contribution in [-0.4, -0.2) is 34.6 Å². The van der Waals surface area contributed by atoms with Crippen LogP contribution in [0.25, 0.3) is 11.3 Å². The van der Waals surface area contributed by atoms with Gasteiger partial charge in [-0.3, -0.25) is 9.89 Å². The van der Waals surface area contributed by atoms with E-state index in [0.717, 1.165) is 28.6 Å². The molecular weight excluding hydrogens is 433 g/mol. The van der Waals surface area contributed by atoms with Crippen LogP contribution in [-0.2, 0) is 6.42 Å². The van der Waals surface area contributed by atoms with Gasteiger partial charge in [-0.2, -0.15) is 5.10 Å². The summed E-state index contributed by atoms with van der Waals surface area (Å²) in [5.74, 6) is -0.408. The van der Waals surface area contributed by atoms with Crippen LogP contribution < -0.4 is 0 Å². The molecule has 3 aromatic rings. The third kappa shape index (κ3) is 4.96. The molecule has 0 aliphatic heterocycles. The number of nitrogens with one attached hydrogen (secondary N) is 1. The van der Waals surface area contributed by atoms with Crippen LogP contribution in [0.1, 0.15) is 22.5 Å². The molecule has 7 heteroatoms. The Hall–Kier alpha value is -2.18. The van der Waals surface area contributed by atoms with Gasteiger partial charge in [0.05, 0.1) is 16.3 Å². The molecule has 0 bridgehead atoms. The molecule has 1 N–H and O–H groups in total. The smallest absolute Gasteiger partial charge is 0.255 e. The first-order chi connectivity index (χ1) is 12.9. The fraction of sp³-hybridized carbons (Fsp3) is 0.200. The van der Waals surface area contributed by atoms with Gasteiger partial charge in [0.15, 0.2) is 0 Å². The van der Waals surface area contributed by atoms with Gasteiger partial charge in [0.2, 0.25) is 0 Å². The monoisotopic (exact) mass is 449 g/mol. The lowest BCUT2D eigenvalue weighted by Gasteiger charge is -2.17. The topological polar surface area (TPSA) is 49.0 Å². The summed E-state index contributed by atoms with van der Waals surface area (Å²) in [7, 11) is 1.75. The Balaban J connectivity index is 1.57. The largest absolute Gasteiger partial charge is 0.342 e. The van der Waals surface area contributed by atoms with Gasteiger partial charge in [-0.05, 0) is 49.2 Å². The van der Waals surface area contributed by atoms with Crippen molar-refractivity contribution >= 4 is 33.4 Å². The minimum atomic E-state index is -0.289. The van der Waals surface area contributed by atoms with Gasteiger partial charge >= 0.3 is 0 Å². The number of hydrogen-bond acceptors (Lipinski definition) is 2. The molecule has 0 fully saturated rings. The molecule has 0 spiro atoms. The van der Waals surface area contributed by atoms with Crippen LogP contribution in [0.5, 0.6) is 0 Å². The highest BCUT2D eigenvalue weighted by atomic mass is 79.9. The number of aromatic amines is 1. The van der Waals surface area contributed by atoms with Crippen molar-refractivity contribution in [1.82, 2.24) is 15.1 Å². The number of carbonyl (C=O) groups is 1.